The zero-order valence-electron chi connectivity index (χ0n) is 21.9. The van der Waals surface area contributed by atoms with Gasteiger partial charge < -0.3 is 19.5 Å². The number of thiophene rings is 1. The van der Waals surface area contributed by atoms with Crippen LogP contribution in [0.4, 0.5) is 0 Å². The van der Waals surface area contributed by atoms with Gasteiger partial charge in [-0.05, 0) is 73.9 Å². The molecule has 1 N–H and O–H groups in total. The van der Waals surface area contributed by atoms with E-state index in [1.165, 1.54) is 16.0 Å². The summed E-state index contributed by atoms with van der Waals surface area (Å²) in [6, 6.07) is 10.3. The van der Waals surface area contributed by atoms with Crippen LogP contribution in [0.2, 0.25) is 0 Å². The summed E-state index contributed by atoms with van der Waals surface area (Å²) >= 11 is 1.76. The van der Waals surface area contributed by atoms with Crippen LogP contribution in [0.3, 0.4) is 0 Å². The smallest absolute Gasteiger partial charge is 0.237 e. The van der Waals surface area contributed by atoms with E-state index in [4.69, 9.17) is 9.47 Å². The Balaban J connectivity index is 1.67. The average molecular weight is 503 g/mol. The standard InChI is InChI=1S/C28H42N2O4S/c1-6-13-29(16-23(31)18-33-21(4)5)17-28(32)30-14-11-27-25(12-15-35-27)26(30)19-34-24-9-7-22(8-10-24)20(2)3/h7-10,12,15,20-21,23,26,31H,6,11,13-14,16-19H2,1-5H3/t23-,26-/m1/s1. The summed E-state index contributed by atoms with van der Waals surface area (Å²) in [6.07, 6.45) is 1.24. The van der Waals surface area contributed by atoms with E-state index in [1.54, 1.807) is 11.3 Å². The summed E-state index contributed by atoms with van der Waals surface area (Å²) < 4.78 is 11.8. The van der Waals surface area contributed by atoms with Gasteiger partial charge in [0.1, 0.15) is 12.4 Å². The van der Waals surface area contributed by atoms with E-state index in [0.717, 1.165) is 25.1 Å². The molecule has 0 saturated carbocycles. The Morgan fingerprint density at radius 3 is 2.60 bits per heavy atom. The van der Waals surface area contributed by atoms with Crippen molar-refractivity contribution < 1.29 is 19.4 Å². The third-order valence-electron chi connectivity index (χ3n) is 6.36. The molecule has 2 aromatic rings. The van der Waals surface area contributed by atoms with Gasteiger partial charge in [0, 0.05) is 18.0 Å². The molecule has 0 aliphatic carbocycles. The lowest BCUT2D eigenvalue weighted by Gasteiger charge is -2.37. The first-order chi connectivity index (χ1) is 16.8. The maximum atomic E-state index is 13.5. The number of fused-ring (bicyclic) bond motifs is 1. The van der Waals surface area contributed by atoms with Crippen molar-refractivity contribution in [3.05, 3.63) is 51.7 Å². The molecule has 3 rings (SSSR count). The molecule has 0 radical (unpaired) electrons. The Hall–Kier alpha value is -1.93. The van der Waals surface area contributed by atoms with Crippen LogP contribution in [-0.2, 0) is 16.0 Å². The molecule has 1 amide bonds. The van der Waals surface area contributed by atoms with Crippen molar-refractivity contribution in [2.45, 2.75) is 71.6 Å². The van der Waals surface area contributed by atoms with E-state index in [2.05, 4.69) is 44.4 Å². The molecule has 0 saturated heterocycles. The molecule has 0 spiro atoms. The van der Waals surface area contributed by atoms with Crippen LogP contribution in [0.1, 0.15) is 69.0 Å². The minimum atomic E-state index is -0.616. The van der Waals surface area contributed by atoms with Crippen LogP contribution in [0, 0.1) is 0 Å². The number of carbonyl (C=O) groups is 1. The normalized spacial score (nSPS) is 16.7. The highest BCUT2D eigenvalue weighted by Crippen LogP contribution is 2.34. The molecule has 1 aliphatic heterocycles. The van der Waals surface area contributed by atoms with Crippen molar-refractivity contribution in [2.24, 2.45) is 0 Å². The highest BCUT2D eigenvalue weighted by atomic mass is 32.1. The molecule has 6 nitrogen and oxygen atoms in total. The zero-order valence-corrected chi connectivity index (χ0v) is 22.7. The van der Waals surface area contributed by atoms with Crippen molar-refractivity contribution >= 4 is 17.2 Å². The van der Waals surface area contributed by atoms with Crippen LogP contribution < -0.4 is 4.74 Å². The molecule has 1 aromatic carbocycles. The topological polar surface area (TPSA) is 62.2 Å². The molecule has 0 bridgehead atoms. The van der Waals surface area contributed by atoms with Crippen LogP contribution in [0.5, 0.6) is 5.75 Å². The van der Waals surface area contributed by atoms with Gasteiger partial charge in [0.15, 0.2) is 0 Å². The first-order valence-corrected chi connectivity index (χ1v) is 13.8. The third-order valence-corrected chi connectivity index (χ3v) is 7.36. The summed E-state index contributed by atoms with van der Waals surface area (Å²) in [5.74, 6) is 1.38. The van der Waals surface area contributed by atoms with Gasteiger partial charge in [0.2, 0.25) is 5.91 Å². The SMILES string of the molecule is CCCN(CC(=O)N1CCc2sccc2[C@H]1COc1ccc(C(C)C)cc1)C[C@@H](O)COC(C)C. The fourth-order valence-corrected chi connectivity index (χ4v) is 5.41. The molecule has 7 heteroatoms. The predicted molar refractivity (Wildman–Crippen MR) is 142 cm³/mol. The number of benzene rings is 1. The van der Waals surface area contributed by atoms with Gasteiger partial charge in [0.25, 0.3) is 0 Å². The molecule has 2 heterocycles. The van der Waals surface area contributed by atoms with Gasteiger partial charge >= 0.3 is 0 Å². The van der Waals surface area contributed by atoms with E-state index < -0.39 is 6.10 Å². The lowest BCUT2D eigenvalue weighted by Crippen LogP contribution is -2.48. The maximum Gasteiger partial charge on any atom is 0.237 e. The lowest BCUT2D eigenvalue weighted by molar-refractivity contribution is -0.136. The Morgan fingerprint density at radius 1 is 1.20 bits per heavy atom. The first kappa shape index (κ1) is 27.7. The molecular formula is C28H42N2O4S. The van der Waals surface area contributed by atoms with Crippen molar-refractivity contribution in [2.75, 3.05) is 39.4 Å². The fraction of sp³-hybridized carbons (Fsp3) is 0.607. The highest BCUT2D eigenvalue weighted by molar-refractivity contribution is 7.10. The molecule has 194 valence electrons. The van der Waals surface area contributed by atoms with Crippen molar-refractivity contribution in [3.8, 4) is 5.75 Å². The van der Waals surface area contributed by atoms with E-state index in [1.807, 2.05) is 35.8 Å². The second-order valence-corrected chi connectivity index (χ2v) is 11.0. The quantitative estimate of drug-likeness (QED) is 0.423. The van der Waals surface area contributed by atoms with Crippen molar-refractivity contribution in [1.82, 2.24) is 9.80 Å². The number of aliphatic hydroxyl groups is 1. The van der Waals surface area contributed by atoms with Crippen molar-refractivity contribution in [1.29, 1.82) is 0 Å². The van der Waals surface area contributed by atoms with E-state index >= 15 is 0 Å². The van der Waals surface area contributed by atoms with E-state index in [9.17, 15) is 9.90 Å². The lowest BCUT2D eigenvalue weighted by atomic mass is 10.00. The van der Waals surface area contributed by atoms with Crippen LogP contribution in [0.25, 0.3) is 0 Å². The maximum absolute atomic E-state index is 13.5. The van der Waals surface area contributed by atoms with Crippen molar-refractivity contribution in [3.63, 3.8) is 0 Å². The summed E-state index contributed by atoms with van der Waals surface area (Å²) in [6.45, 7) is 13.2. The van der Waals surface area contributed by atoms with Crippen LogP contribution >= 0.6 is 11.3 Å². The second-order valence-electron chi connectivity index (χ2n) is 9.96. The van der Waals surface area contributed by atoms with Gasteiger partial charge in [-0.15, -0.1) is 11.3 Å². The Kier molecular flexibility index (Phi) is 10.6. The van der Waals surface area contributed by atoms with Gasteiger partial charge in [-0.2, -0.15) is 0 Å². The average Bonchev–Trinajstić information content (AvgIpc) is 3.30. The number of amides is 1. The predicted octanol–water partition coefficient (Wildman–Crippen LogP) is 4.87. The second kappa shape index (κ2) is 13.4. The molecule has 1 aliphatic rings. The molecule has 35 heavy (non-hydrogen) atoms. The number of hydrogen-bond donors (Lipinski definition) is 1. The first-order valence-electron chi connectivity index (χ1n) is 12.9. The monoisotopic (exact) mass is 502 g/mol. The number of nitrogens with zero attached hydrogens (tertiary/aromatic N) is 2. The number of carbonyl (C=O) groups excluding carboxylic acids is 1. The summed E-state index contributed by atoms with van der Waals surface area (Å²) in [5, 5.41) is 12.5. The highest BCUT2D eigenvalue weighted by Gasteiger charge is 2.33. The Morgan fingerprint density at radius 2 is 1.94 bits per heavy atom. The summed E-state index contributed by atoms with van der Waals surface area (Å²) in [5.41, 5.74) is 2.48. The van der Waals surface area contributed by atoms with Gasteiger partial charge in [-0.3, -0.25) is 9.69 Å². The summed E-state index contributed by atoms with van der Waals surface area (Å²) in [7, 11) is 0. The third kappa shape index (κ3) is 8.04. The van der Waals surface area contributed by atoms with Crippen LogP contribution in [-0.4, -0.2) is 72.4 Å². The summed E-state index contributed by atoms with van der Waals surface area (Å²) in [4.78, 5) is 18.9. The number of ether oxygens (including phenoxy) is 2. The molecule has 2 atom stereocenters. The minimum Gasteiger partial charge on any atom is -0.491 e. The van der Waals surface area contributed by atoms with E-state index in [-0.39, 0.29) is 31.2 Å². The van der Waals surface area contributed by atoms with E-state index in [0.29, 0.717) is 25.6 Å². The number of rotatable bonds is 13. The molecule has 0 unspecified atom stereocenters. The van der Waals surface area contributed by atoms with Crippen LogP contribution in [0.15, 0.2) is 35.7 Å². The number of hydrogen-bond acceptors (Lipinski definition) is 6. The minimum absolute atomic E-state index is 0.0707. The Labute approximate surface area is 214 Å². The molecular weight excluding hydrogens is 460 g/mol. The van der Waals surface area contributed by atoms with Gasteiger partial charge in [0.05, 0.1) is 31.4 Å². The molecule has 0 fully saturated rings. The fourth-order valence-electron chi connectivity index (χ4n) is 4.49. The zero-order chi connectivity index (χ0) is 25.4. The molecule has 1 aromatic heterocycles. The Bertz CT molecular complexity index is 912. The van der Waals surface area contributed by atoms with Gasteiger partial charge in [-0.1, -0.05) is 32.9 Å². The van der Waals surface area contributed by atoms with Gasteiger partial charge in [-0.25, -0.2) is 0 Å². The largest absolute Gasteiger partial charge is 0.491 e. The number of aliphatic hydroxyl groups excluding tert-OH is 1.